The second kappa shape index (κ2) is 8.43. The van der Waals surface area contributed by atoms with Crippen LogP contribution in [0.4, 0.5) is 0 Å². The summed E-state index contributed by atoms with van der Waals surface area (Å²) in [4.78, 5) is 31.5. The standard InChI is InChI=1S/C22H24N4O3/c1-16(21(27)25-13-7-2-3-8-14-25)29-22(28)18-15-24-26-19(11-12-23-20(18)26)17-9-5-4-6-10-17/h4-6,9-12,15-16H,2-3,7-8,13-14H2,1H3. The van der Waals surface area contributed by atoms with Crippen molar-refractivity contribution in [3.8, 4) is 11.3 Å². The summed E-state index contributed by atoms with van der Waals surface area (Å²) in [5.41, 5.74) is 2.44. The number of ether oxygens (including phenoxy) is 1. The van der Waals surface area contributed by atoms with Gasteiger partial charge in [0, 0.05) is 24.8 Å². The van der Waals surface area contributed by atoms with Crippen LogP contribution in [-0.2, 0) is 9.53 Å². The summed E-state index contributed by atoms with van der Waals surface area (Å²) in [6.45, 7) is 3.07. The lowest BCUT2D eigenvalue weighted by Crippen LogP contribution is -2.40. The van der Waals surface area contributed by atoms with Crippen LogP contribution in [0, 0.1) is 0 Å². The van der Waals surface area contributed by atoms with Crippen molar-refractivity contribution in [1.29, 1.82) is 0 Å². The number of fused-ring (bicyclic) bond motifs is 1. The zero-order valence-electron chi connectivity index (χ0n) is 16.5. The summed E-state index contributed by atoms with van der Waals surface area (Å²) in [6.07, 6.45) is 6.50. The Hall–Kier alpha value is -3.22. The van der Waals surface area contributed by atoms with Gasteiger partial charge in [0.05, 0.1) is 11.9 Å². The van der Waals surface area contributed by atoms with Gasteiger partial charge in [-0.1, -0.05) is 43.2 Å². The lowest BCUT2D eigenvalue weighted by molar-refractivity contribution is -0.139. The minimum atomic E-state index is -0.840. The Kier molecular flexibility index (Phi) is 5.55. The predicted octanol–water partition coefficient (Wildman–Crippen LogP) is 3.34. The first kappa shape index (κ1) is 19.1. The largest absolute Gasteiger partial charge is 0.449 e. The van der Waals surface area contributed by atoms with Gasteiger partial charge in [0.1, 0.15) is 5.56 Å². The first-order chi connectivity index (χ1) is 14.1. The highest BCUT2D eigenvalue weighted by atomic mass is 16.5. The van der Waals surface area contributed by atoms with Crippen LogP contribution >= 0.6 is 0 Å². The molecule has 1 unspecified atom stereocenters. The predicted molar refractivity (Wildman–Crippen MR) is 108 cm³/mol. The van der Waals surface area contributed by atoms with Crippen LogP contribution in [0.1, 0.15) is 43.0 Å². The van der Waals surface area contributed by atoms with Gasteiger partial charge < -0.3 is 9.64 Å². The van der Waals surface area contributed by atoms with Crippen molar-refractivity contribution < 1.29 is 14.3 Å². The van der Waals surface area contributed by atoms with Gasteiger partial charge in [-0.15, -0.1) is 0 Å². The molecule has 7 heteroatoms. The van der Waals surface area contributed by atoms with Crippen molar-refractivity contribution in [2.75, 3.05) is 13.1 Å². The number of nitrogens with zero attached hydrogens (tertiary/aromatic N) is 4. The molecule has 29 heavy (non-hydrogen) atoms. The van der Waals surface area contributed by atoms with E-state index in [4.69, 9.17) is 4.74 Å². The van der Waals surface area contributed by atoms with Crippen LogP contribution < -0.4 is 0 Å². The summed E-state index contributed by atoms with van der Waals surface area (Å²) in [7, 11) is 0. The molecule has 1 aliphatic heterocycles. The third-order valence-corrected chi connectivity index (χ3v) is 5.24. The highest BCUT2D eigenvalue weighted by Crippen LogP contribution is 2.21. The summed E-state index contributed by atoms with van der Waals surface area (Å²) >= 11 is 0. The number of rotatable bonds is 4. The highest BCUT2D eigenvalue weighted by Gasteiger charge is 2.26. The minimum Gasteiger partial charge on any atom is -0.449 e. The third-order valence-electron chi connectivity index (χ3n) is 5.24. The van der Waals surface area contributed by atoms with E-state index in [9.17, 15) is 9.59 Å². The smallest absolute Gasteiger partial charge is 0.344 e. The lowest BCUT2D eigenvalue weighted by atomic mass is 10.1. The van der Waals surface area contributed by atoms with Crippen molar-refractivity contribution in [3.63, 3.8) is 0 Å². The Balaban J connectivity index is 1.54. The molecular formula is C22H24N4O3. The molecule has 4 rings (SSSR count). The maximum Gasteiger partial charge on any atom is 0.344 e. The Labute approximate surface area is 169 Å². The van der Waals surface area contributed by atoms with Gasteiger partial charge in [-0.3, -0.25) is 4.79 Å². The zero-order chi connectivity index (χ0) is 20.2. The molecule has 150 valence electrons. The van der Waals surface area contributed by atoms with Crippen LogP contribution in [0.2, 0.25) is 0 Å². The fourth-order valence-electron chi connectivity index (χ4n) is 3.69. The van der Waals surface area contributed by atoms with E-state index in [1.54, 1.807) is 22.5 Å². The Morgan fingerprint density at radius 1 is 1.03 bits per heavy atom. The van der Waals surface area contributed by atoms with Gasteiger partial charge in [-0.05, 0) is 25.8 Å². The van der Waals surface area contributed by atoms with Crippen molar-refractivity contribution in [2.45, 2.75) is 38.7 Å². The number of benzene rings is 1. The molecule has 1 atom stereocenters. The Morgan fingerprint density at radius 2 is 1.76 bits per heavy atom. The van der Waals surface area contributed by atoms with Crippen molar-refractivity contribution >= 4 is 17.5 Å². The molecule has 1 saturated heterocycles. The monoisotopic (exact) mass is 392 g/mol. The van der Waals surface area contributed by atoms with E-state index >= 15 is 0 Å². The van der Waals surface area contributed by atoms with Gasteiger partial charge in [-0.2, -0.15) is 5.10 Å². The van der Waals surface area contributed by atoms with Gasteiger partial charge in [0.15, 0.2) is 11.8 Å². The van der Waals surface area contributed by atoms with Crippen molar-refractivity contribution in [1.82, 2.24) is 19.5 Å². The molecule has 2 aromatic heterocycles. The van der Waals surface area contributed by atoms with Crippen LogP contribution in [0.25, 0.3) is 16.9 Å². The van der Waals surface area contributed by atoms with Gasteiger partial charge in [-0.25, -0.2) is 14.3 Å². The maximum atomic E-state index is 12.7. The summed E-state index contributed by atoms with van der Waals surface area (Å²) in [6, 6.07) is 11.6. The number of carbonyl (C=O) groups is 2. The SMILES string of the molecule is CC(OC(=O)c1cnn2c(-c3ccccc3)ccnc12)C(=O)N1CCCCCC1. The Bertz CT molecular complexity index is 1010. The molecule has 0 aliphatic carbocycles. The van der Waals surface area contributed by atoms with E-state index in [0.29, 0.717) is 5.65 Å². The van der Waals surface area contributed by atoms with Crippen LogP contribution in [-0.4, -0.2) is 50.6 Å². The second-order valence-electron chi connectivity index (χ2n) is 7.28. The van der Waals surface area contributed by atoms with E-state index in [1.165, 1.54) is 6.20 Å². The van der Waals surface area contributed by atoms with Gasteiger partial charge in [0.2, 0.25) is 0 Å². The van der Waals surface area contributed by atoms with E-state index in [1.807, 2.05) is 36.4 Å². The van der Waals surface area contributed by atoms with E-state index in [-0.39, 0.29) is 11.5 Å². The lowest BCUT2D eigenvalue weighted by Gasteiger charge is -2.23. The van der Waals surface area contributed by atoms with Crippen LogP contribution in [0.3, 0.4) is 0 Å². The number of aromatic nitrogens is 3. The second-order valence-corrected chi connectivity index (χ2v) is 7.28. The average molecular weight is 392 g/mol. The molecule has 7 nitrogen and oxygen atoms in total. The average Bonchev–Trinajstić information content (AvgIpc) is 3.00. The van der Waals surface area contributed by atoms with Gasteiger partial charge in [0.25, 0.3) is 5.91 Å². The highest BCUT2D eigenvalue weighted by molar-refractivity contribution is 5.97. The van der Waals surface area contributed by atoms with Crippen molar-refractivity contribution in [2.24, 2.45) is 0 Å². The summed E-state index contributed by atoms with van der Waals surface area (Å²) < 4.78 is 7.10. The zero-order valence-corrected chi connectivity index (χ0v) is 16.5. The molecule has 1 aromatic carbocycles. The van der Waals surface area contributed by atoms with E-state index in [2.05, 4.69) is 10.1 Å². The van der Waals surface area contributed by atoms with Crippen LogP contribution in [0.5, 0.6) is 0 Å². The number of carbonyl (C=O) groups excluding carboxylic acids is 2. The molecule has 3 heterocycles. The van der Waals surface area contributed by atoms with E-state index in [0.717, 1.165) is 50.0 Å². The molecule has 0 radical (unpaired) electrons. The molecular weight excluding hydrogens is 368 g/mol. The number of esters is 1. The van der Waals surface area contributed by atoms with Crippen molar-refractivity contribution in [3.05, 3.63) is 54.4 Å². The molecule has 0 saturated carbocycles. The maximum absolute atomic E-state index is 12.7. The van der Waals surface area contributed by atoms with Crippen LogP contribution in [0.15, 0.2) is 48.8 Å². The first-order valence-corrected chi connectivity index (χ1v) is 10.0. The third kappa shape index (κ3) is 3.99. The molecule has 0 N–H and O–H groups in total. The molecule has 1 fully saturated rings. The summed E-state index contributed by atoms with van der Waals surface area (Å²) in [5.74, 6) is -0.733. The molecule has 0 spiro atoms. The first-order valence-electron chi connectivity index (χ1n) is 10.0. The molecule has 1 aliphatic rings. The fourth-order valence-corrected chi connectivity index (χ4v) is 3.69. The normalized spacial score (nSPS) is 15.7. The Morgan fingerprint density at radius 3 is 2.48 bits per heavy atom. The molecule has 1 amide bonds. The molecule has 3 aromatic rings. The topological polar surface area (TPSA) is 76.8 Å². The van der Waals surface area contributed by atoms with Gasteiger partial charge >= 0.3 is 5.97 Å². The van der Waals surface area contributed by atoms with E-state index < -0.39 is 12.1 Å². The number of hydrogen-bond donors (Lipinski definition) is 0. The molecule has 0 bridgehead atoms. The minimum absolute atomic E-state index is 0.144. The summed E-state index contributed by atoms with van der Waals surface area (Å²) in [5, 5.41) is 4.33. The number of hydrogen-bond acceptors (Lipinski definition) is 5. The quantitative estimate of drug-likeness (QED) is 0.637. The number of likely N-dealkylation sites (tertiary alicyclic amines) is 1. The fraction of sp³-hybridized carbons (Fsp3) is 0.364. The number of amides is 1.